The number of nitrogens with zero attached hydrogens (tertiary/aromatic N) is 1. The largest absolute Gasteiger partial charge is 0.618 e. The average Bonchev–Trinajstić information content (AvgIpc) is 2.78. The third-order valence-electron chi connectivity index (χ3n) is 4.79. The Morgan fingerprint density at radius 2 is 1.26 bits per heavy atom. The smallest absolute Gasteiger partial charge is 0.317 e. The molecule has 0 unspecified atom stereocenters. The minimum Gasteiger partial charge on any atom is -0.618 e. The van der Waals surface area contributed by atoms with Crippen LogP contribution in [0.2, 0.25) is 0 Å². The highest BCUT2D eigenvalue weighted by atomic mass is 19.1. The zero-order valence-corrected chi connectivity index (χ0v) is 17.2. The molecule has 3 aromatic rings. The lowest BCUT2D eigenvalue weighted by atomic mass is 10.1. The molecule has 0 saturated heterocycles. The van der Waals surface area contributed by atoms with Crippen molar-refractivity contribution in [2.24, 2.45) is 0 Å². The normalized spacial score (nSPS) is 10.5. The average molecular weight is 421 g/mol. The van der Waals surface area contributed by atoms with Gasteiger partial charge in [-0.2, -0.15) is 4.73 Å². The molecule has 31 heavy (non-hydrogen) atoms. The fourth-order valence-corrected chi connectivity index (χ4v) is 3.09. The summed E-state index contributed by atoms with van der Waals surface area (Å²) in [4.78, 5) is 24.9. The number of carbonyl (C=O) groups excluding carboxylic acids is 2. The van der Waals surface area contributed by atoms with Gasteiger partial charge in [-0.05, 0) is 41.3 Å². The van der Waals surface area contributed by atoms with Gasteiger partial charge in [-0.15, -0.1) is 0 Å². The summed E-state index contributed by atoms with van der Waals surface area (Å²) in [7, 11) is 0. The predicted molar refractivity (Wildman–Crippen MR) is 115 cm³/mol. The monoisotopic (exact) mass is 421 g/mol. The topological polar surface area (TPSA) is 85.1 Å². The number of hydrogen-bond acceptors (Lipinski definition) is 3. The van der Waals surface area contributed by atoms with Crippen LogP contribution in [0, 0.1) is 11.0 Å². The van der Waals surface area contributed by atoms with Gasteiger partial charge in [0.1, 0.15) is 5.82 Å². The van der Waals surface area contributed by atoms with E-state index in [4.69, 9.17) is 0 Å². The second kappa shape index (κ2) is 10.3. The highest BCUT2D eigenvalue weighted by molar-refractivity contribution is 5.93. The Morgan fingerprint density at radius 3 is 1.74 bits per heavy atom. The van der Waals surface area contributed by atoms with E-state index < -0.39 is 11.8 Å². The number of rotatable bonds is 8. The summed E-state index contributed by atoms with van der Waals surface area (Å²) < 4.78 is 13.3. The Bertz CT molecular complexity index is 1050. The van der Waals surface area contributed by atoms with E-state index in [0.29, 0.717) is 10.3 Å². The first-order valence-corrected chi connectivity index (χ1v) is 10.1. The molecule has 1 heterocycles. The maximum absolute atomic E-state index is 13.0. The van der Waals surface area contributed by atoms with Crippen LogP contribution in [0.15, 0.2) is 66.7 Å². The molecule has 0 spiro atoms. The van der Waals surface area contributed by atoms with Gasteiger partial charge in [-0.3, -0.25) is 9.59 Å². The summed E-state index contributed by atoms with van der Waals surface area (Å²) >= 11 is 0. The predicted octanol–water partition coefficient (Wildman–Crippen LogP) is 3.27. The van der Waals surface area contributed by atoms with Crippen LogP contribution in [0.5, 0.6) is 0 Å². The van der Waals surface area contributed by atoms with Crippen LogP contribution < -0.4 is 15.4 Å². The van der Waals surface area contributed by atoms with E-state index in [-0.39, 0.29) is 30.3 Å². The first-order valence-electron chi connectivity index (χ1n) is 10.1. The van der Waals surface area contributed by atoms with Gasteiger partial charge in [0.25, 0.3) is 11.4 Å². The molecule has 2 amide bonds. The molecule has 0 radical (unpaired) electrons. The lowest BCUT2D eigenvalue weighted by molar-refractivity contribution is -0.610. The van der Waals surface area contributed by atoms with Crippen molar-refractivity contribution in [3.05, 3.63) is 106 Å². The Labute approximate surface area is 180 Å². The van der Waals surface area contributed by atoms with Crippen molar-refractivity contribution in [1.29, 1.82) is 0 Å². The van der Waals surface area contributed by atoms with Crippen molar-refractivity contribution in [3.63, 3.8) is 0 Å². The van der Waals surface area contributed by atoms with Gasteiger partial charge >= 0.3 is 11.8 Å². The summed E-state index contributed by atoms with van der Waals surface area (Å²) in [6, 6.07) is 17.8. The Kier molecular flexibility index (Phi) is 7.32. The summed E-state index contributed by atoms with van der Waals surface area (Å²) in [5.74, 6) is -1.57. The molecule has 2 aromatic carbocycles. The quantitative estimate of drug-likeness (QED) is 0.432. The van der Waals surface area contributed by atoms with Gasteiger partial charge in [-0.1, -0.05) is 49.7 Å². The minimum atomic E-state index is -0.625. The van der Waals surface area contributed by atoms with Gasteiger partial charge in [-0.25, -0.2) is 4.39 Å². The van der Waals surface area contributed by atoms with Crippen LogP contribution in [-0.2, 0) is 19.5 Å². The second-order valence-electron chi connectivity index (χ2n) is 7.15. The van der Waals surface area contributed by atoms with Crippen LogP contribution in [0.3, 0.4) is 0 Å². The summed E-state index contributed by atoms with van der Waals surface area (Å²) in [5.41, 5.74) is 2.47. The molecule has 7 heteroatoms. The van der Waals surface area contributed by atoms with Crippen LogP contribution in [0.1, 0.15) is 51.0 Å². The van der Waals surface area contributed by atoms with Gasteiger partial charge in [0, 0.05) is 25.2 Å². The number of pyridine rings is 1. The lowest BCUT2D eigenvalue weighted by Gasteiger charge is -2.10. The van der Waals surface area contributed by atoms with E-state index in [2.05, 4.69) is 17.6 Å². The van der Waals surface area contributed by atoms with Crippen LogP contribution in [-0.4, -0.2) is 11.8 Å². The van der Waals surface area contributed by atoms with E-state index >= 15 is 0 Å². The number of aryl methyl sites for hydroxylation is 1. The summed E-state index contributed by atoms with van der Waals surface area (Å²) in [6.45, 7) is 2.51. The summed E-state index contributed by atoms with van der Waals surface area (Å²) in [5, 5.41) is 17.9. The van der Waals surface area contributed by atoms with Gasteiger partial charge < -0.3 is 15.8 Å². The molecule has 2 N–H and O–H groups in total. The van der Waals surface area contributed by atoms with Crippen molar-refractivity contribution in [1.82, 2.24) is 10.6 Å². The number of carbonyl (C=O) groups is 2. The van der Waals surface area contributed by atoms with Crippen molar-refractivity contribution in [2.75, 3.05) is 0 Å². The highest BCUT2D eigenvalue weighted by Crippen LogP contribution is 2.07. The zero-order valence-electron chi connectivity index (χ0n) is 17.2. The van der Waals surface area contributed by atoms with Gasteiger partial charge in [0.15, 0.2) is 0 Å². The molecular weight excluding hydrogens is 397 g/mol. The number of aromatic nitrogens is 1. The van der Waals surface area contributed by atoms with E-state index in [1.165, 1.54) is 35.9 Å². The Balaban J connectivity index is 1.62. The van der Waals surface area contributed by atoms with Crippen molar-refractivity contribution in [3.8, 4) is 0 Å². The number of amides is 2. The van der Waals surface area contributed by atoms with E-state index in [1.54, 1.807) is 12.1 Å². The van der Waals surface area contributed by atoms with E-state index in [1.807, 2.05) is 24.3 Å². The third kappa shape index (κ3) is 5.88. The van der Waals surface area contributed by atoms with Crippen LogP contribution in [0.4, 0.5) is 4.39 Å². The van der Waals surface area contributed by atoms with E-state index in [0.717, 1.165) is 18.4 Å². The molecule has 0 aliphatic heterocycles. The SMILES string of the molecule is CCCc1ccc(CNC(=O)c2cccc(C(=O)NCc3ccc(F)cc3)[n+]2[O-])cc1. The highest BCUT2D eigenvalue weighted by Gasteiger charge is 2.23. The van der Waals surface area contributed by atoms with Crippen molar-refractivity contribution in [2.45, 2.75) is 32.9 Å². The molecule has 0 fully saturated rings. The first kappa shape index (κ1) is 22.0. The standard InChI is InChI=1S/C24H24FN3O3/c1-2-4-17-7-9-18(10-8-17)15-26-23(29)21-5-3-6-22(28(21)31)24(30)27-16-19-11-13-20(25)14-12-19/h3,5-14H,2,4,15-16H2,1H3,(H,26,29)(H,27,30). The Hall–Kier alpha value is -3.74. The van der Waals surface area contributed by atoms with E-state index in [9.17, 15) is 19.2 Å². The van der Waals surface area contributed by atoms with Gasteiger partial charge in [0.05, 0.1) is 0 Å². The zero-order chi connectivity index (χ0) is 22.2. The molecule has 1 aromatic heterocycles. The molecule has 6 nitrogen and oxygen atoms in total. The molecule has 0 aliphatic carbocycles. The minimum absolute atomic E-state index is 0.129. The van der Waals surface area contributed by atoms with Crippen LogP contribution >= 0.6 is 0 Å². The second-order valence-corrected chi connectivity index (χ2v) is 7.15. The molecule has 3 rings (SSSR count). The number of nitrogens with one attached hydrogen (secondary N) is 2. The summed E-state index contributed by atoms with van der Waals surface area (Å²) in [6.07, 6.45) is 2.06. The maximum Gasteiger partial charge on any atom is 0.317 e. The molecule has 0 atom stereocenters. The number of halogens is 1. The maximum atomic E-state index is 13.0. The van der Waals surface area contributed by atoms with Crippen molar-refractivity contribution < 1.29 is 18.7 Å². The molecule has 0 bridgehead atoms. The van der Waals surface area contributed by atoms with Gasteiger partial charge in [0.2, 0.25) is 0 Å². The van der Waals surface area contributed by atoms with Crippen LogP contribution in [0.25, 0.3) is 0 Å². The molecular formula is C24H24FN3O3. The fraction of sp³-hybridized carbons (Fsp3) is 0.208. The third-order valence-corrected chi connectivity index (χ3v) is 4.79. The lowest BCUT2D eigenvalue weighted by Crippen LogP contribution is -2.46. The molecule has 160 valence electrons. The Morgan fingerprint density at radius 1 is 0.806 bits per heavy atom. The first-order chi connectivity index (χ1) is 15.0. The number of benzene rings is 2. The number of hydrogen-bond donors (Lipinski definition) is 2. The fourth-order valence-electron chi connectivity index (χ4n) is 3.09. The molecule has 0 aliphatic rings. The van der Waals surface area contributed by atoms with Crippen molar-refractivity contribution >= 4 is 11.8 Å². The molecule has 0 saturated carbocycles.